The topological polar surface area (TPSA) is 43.2 Å². The van der Waals surface area contributed by atoms with Crippen molar-refractivity contribution in [2.45, 2.75) is 23.7 Å². The lowest BCUT2D eigenvalue weighted by atomic mass is 9.43. The van der Waals surface area contributed by atoms with E-state index in [2.05, 4.69) is 0 Å². The van der Waals surface area contributed by atoms with E-state index in [1.807, 2.05) is 0 Å². The molecule has 0 heterocycles. The average Bonchev–Trinajstić information content (AvgIpc) is 4.37. The molecule has 4 nitrogen and oxygen atoms in total. The van der Waals surface area contributed by atoms with Gasteiger partial charge in [0, 0.05) is 23.7 Å². The molecule has 28 aromatic carbocycles. The Labute approximate surface area is 380 Å². The van der Waals surface area contributed by atoms with Gasteiger partial charge in [0.2, 0.25) is 0 Å². The molecule has 0 aliphatic heterocycles. The molecule has 33 rings (SSSR count). The minimum absolute atomic E-state index is 0.414. The van der Waals surface area contributed by atoms with E-state index < -0.39 is 10.8 Å². The van der Waals surface area contributed by atoms with Gasteiger partial charge >= 0.3 is 0 Å². The Balaban J connectivity index is 1.20. The van der Waals surface area contributed by atoms with Crippen LogP contribution in [0.4, 0.5) is 0 Å². The fraction of sp³-hybridized carbons (Fsp3) is 0.0909. The average molecular weight is 863 g/mol. The largest absolute Gasteiger partial charge is 0.399 e. The van der Waals surface area contributed by atoms with Crippen LogP contribution in [0.25, 0.3) is 291 Å². The highest BCUT2D eigenvalue weighted by molar-refractivity contribution is 6.82. The van der Waals surface area contributed by atoms with Gasteiger partial charge < -0.3 is 9.68 Å². The van der Waals surface area contributed by atoms with E-state index in [1.165, 1.54) is 0 Å². The second-order valence-corrected chi connectivity index (χ2v) is 25.4. The summed E-state index contributed by atoms with van der Waals surface area (Å²) in [6.45, 7) is 0. The van der Waals surface area contributed by atoms with Crippen LogP contribution < -0.4 is 0 Å². The van der Waals surface area contributed by atoms with E-state index in [-0.39, 0.29) is 0 Å². The molecule has 0 bridgehead atoms. The van der Waals surface area contributed by atoms with Gasteiger partial charge in [0.1, 0.15) is 25.6 Å². The summed E-state index contributed by atoms with van der Waals surface area (Å²) >= 11 is 0. The number of oxime groups is 2. The van der Waals surface area contributed by atoms with Gasteiger partial charge in [-0.1, -0.05) is 10.3 Å². The van der Waals surface area contributed by atoms with Crippen LogP contribution in [0.15, 0.2) is 10.3 Å². The fourth-order valence-electron chi connectivity index (χ4n) is 25.3. The summed E-state index contributed by atoms with van der Waals surface area (Å²) in [6.07, 6.45) is 1.50. The maximum absolute atomic E-state index is 5.99. The molecule has 0 aromatic heterocycles. The molecule has 70 heavy (non-hydrogen) atoms. The maximum Gasteiger partial charge on any atom is 0.106 e. The third kappa shape index (κ3) is 1.37. The summed E-state index contributed by atoms with van der Waals surface area (Å²) < 4.78 is 0. The normalized spacial score (nSPS) is 23.9. The molecular weight excluding hydrogens is 853 g/mol. The second-order valence-electron chi connectivity index (χ2n) is 25.4. The Morgan fingerprint density at radius 2 is 0.314 bits per heavy atom. The molecule has 5 aliphatic carbocycles. The Morgan fingerprint density at radius 1 is 0.200 bits per heavy atom. The predicted octanol–water partition coefficient (Wildman–Crippen LogP) is 17.1. The number of rotatable bonds is 2. The summed E-state index contributed by atoms with van der Waals surface area (Å²) in [6, 6.07) is 0. The zero-order valence-corrected chi connectivity index (χ0v) is 36.1. The van der Waals surface area contributed by atoms with Gasteiger partial charge in [-0.2, -0.15) is 0 Å². The maximum atomic E-state index is 5.99. The summed E-state index contributed by atoms with van der Waals surface area (Å²) in [5.74, 6) is 0. The molecule has 2 spiro atoms. The lowest BCUT2D eigenvalue weighted by Crippen LogP contribution is -2.58. The van der Waals surface area contributed by atoms with Crippen LogP contribution in [0, 0.1) is 0 Å². The van der Waals surface area contributed by atoms with Crippen molar-refractivity contribution in [3.63, 3.8) is 0 Å². The van der Waals surface area contributed by atoms with Crippen molar-refractivity contribution in [3.05, 3.63) is 22.3 Å². The highest BCUT2D eigenvalue weighted by Gasteiger charge is 2.72. The predicted molar refractivity (Wildman–Crippen MR) is 292 cm³/mol. The monoisotopic (exact) mass is 862 g/mol. The van der Waals surface area contributed by atoms with Crippen LogP contribution in [0.3, 0.4) is 0 Å². The molecule has 1 fully saturated rings. The highest BCUT2D eigenvalue weighted by atomic mass is 16.6. The first-order valence-corrected chi connectivity index (χ1v) is 25.8. The van der Waals surface area contributed by atoms with Crippen LogP contribution in [-0.2, 0) is 20.5 Å². The Hall–Kier alpha value is -8.60. The molecule has 296 valence electrons. The van der Waals surface area contributed by atoms with Crippen LogP contribution in [0.2, 0.25) is 0 Å². The molecule has 0 saturated heterocycles. The Morgan fingerprint density at radius 3 is 0.429 bits per heavy atom. The molecule has 4 heteroatoms. The zero-order valence-electron chi connectivity index (χ0n) is 36.1. The van der Waals surface area contributed by atoms with Gasteiger partial charge in [0.15, 0.2) is 0 Å². The van der Waals surface area contributed by atoms with E-state index >= 15 is 0 Å². The lowest BCUT2D eigenvalue weighted by Gasteiger charge is -2.57. The minimum atomic E-state index is -0.414. The molecule has 0 atom stereocenters. The first-order chi connectivity index (χ1) is 34.8. The number of hydrogen-bond acceptors (Lipinski definition) is 4. The van der Waals surface area contributed by atoms with Crippen LogP contribution >= 0.6 is 0 Å². The van der Waals surface area contributed by atoms with Crippen molar-refractivity contribution in [1.82, 2.24) is 0 Å². The van der Waals surface area contributed by atoms with Crippen LogP contribution in [0.5, 0.6) is 0 Å². The first kappa shape index (κ1) is 26.2. The van der Waals surface area contributed by atoms with Crippen molar-refractivity contribution < 1.29 is 9.68 Å². The smallest absolute Gasteiger partial charge is 0.106 e. The molecule has 28 aromatic rings. The SMILES string of the molecule is CO/N=C1\CC23c4c5c6c7c8c9c(c%10c%11c2c2c4c4c%12c5c5c6c6c8c8c%13c9c9c%10c%10c%11c%11c2c2c4c4c%12c%12c5c5c6c8c6c8c%13c9c9c%10c%10c%11c2c2c4c4c%12c5c6c5c8c9c%10c2c45)C73C\C1=N/OC. The highest BCUT2D eigenvalue weighted by Crippen LogP contribution is 2.85. The van der Waals surface area contributed by atoms with E-state index in [9.17, 15) is 0 Å². The number of hydrogen-bond donors (Lipinski definition) is 0. The molecule has 5 aliphatic rings. The Kier molecular flexibility index (Phi) is 2.23. The van der Waals surface area contributed by atoms with Gasteiger partial charge in [-0.05, 0) is 313 Å². The molecular formula is C66H10N2O2. The third-order valence-corrected chi connectivity index (χ3v) is 25.3. The number of benzene rings is 18. The summed E-state index contributed by atoms with van der Waals surface area (Å²) in [5, 5.41) is 97.8. The van der Waals surface area contributed by atoms with Gasteiger partial charge in [-0.15, -0.1) is 0 Å². The van der Waals surface area contributed by atoms with Gasteiger partial charge in [-0.3, -0.25) is 0 Å². The quantitative estimate of drug-likeness (QED) is 0.128. The summed E-state index contributed by atoms with van der Waals surface area (Å²) in [7, 11) is 3.49. The lowest BCUT2D eigenvalue weighted by molar-refractivity contribution is 0.203. The van der Waals surface area contributed by atoms with Crippen LogP contribution in [-0.4, -0.2) is 25.6 Å². The van der Waals surface area contributed by atoms with E-state index in [4.69, 9.17) is 20.0 Å². The second kappa shape index (κ2) is 5.94. The van der Waals surface area contributed by atoms with Gasteiger partial charge in [-0.25, -0.2) is 0 Å². The molecule has 0 N–H and O–H groups in total. The molecule has 1 saturated carbocycles. The summed E-state index contributed by atoms with van der Waals surface area (Å²) in [4.78, 5) is 12.0. The minimum Gasteiger partial charge on any atom is -0.399 e. The standard InChI is InChI=1S/C66H10N2O2/c1-69-67-5-3-65-61-53-45-35-25-17-9-7-8-11-15-13(9)21-29-23(15)33-27-19(11)20-12(8)16-14-10(7)18(17)26-32-22(14)30-24(16)34-28(20)38-37(27)47-41(33)51-43(29)49(39(45)31(21)25)57(61)59(51)63-55(47)56-48(38)42(34)52-44(30)50-40(32)46(36(26)35)54(53)62(65)58(50)60(52)64(56)66(63,65)4-6(5)68-70-2/h3-4H2,1-2H3/b67-5+,68-6+. The summed E-state index contributed by atoms with van der Waals surface area (Å²) in [5.41, 5.74) is 7.72. The van der Waals surface area contributed by atoms with Crippen molar-refractivity contribution in [2.75, 3.05) is 14.2 Å². The van der Waals surface area contributed by atoms with E-state index in [0.29, 0.717) is 0 Å². The first-order valence-electron chi connectivity index (χ1n) is 25.8. The number of nitrogens with zero attached hydrogens (tertiary/aromatic N) is 2. The van der Waals surface area contributed by atoms with E-state index in [1.54, 1.807) is 327 Å². The van der Waals surface area contributed by atoms with Crippen LogP contribution in [0.1, 0.15) is 35.1 Å². The molecule has 0 amide bonds. The third-order valence-electron chi connectivity index (χ3n) is 25.3. The van der Waals surface area contributed by atoms with Crippen molar-refractivity contribution in [2.24, 2.45) is 10.3 Å². The van der Waals surface area contributed by atoms with E-state index in [0.717, 1.165) is 24.3 Å². The van der Waals surface area contributed by atoms with Crippen molar-refractivity contribution in [1.29, 1.82) is 0 Å². The van der Waals surface area contributed by atoms with Crippen molar-refractivity contribution >= 4 is 302 Å². The Bertz CT molecular complexity index is 6680. The molecule has 0 radical (unpaired) electrons. The molecule has 0 unspecified atom stereocenters. The van der Waals surface area contributed by atoms with Gasteiger partial charge in [0.05, 0.1) is 0 Å². The fourth-order valence-corrected chi connectivity index (χ4v) is 25.3. The zero-order chi connectivity index (χ0) is 41.9. The van der Waals surface area contributed by atoms with Gasteiger partial charge in [0.25, 0.3) is 0 Å². The van der Waals surface area contributed by atoms with Crippen molar-refractivity contribution in [3.8, 4) is 0 Å².